The van der Waals surface area contributed by atoms with Crippen molar-refractivity contribution in [1.29, 1.82) is 0 Å². The lowest BCUT2D eigenvalue weighted by Crippen LogP contribution is -2.00. The van der Waals surface area contributed by atoms with Crippen LogP contribution in [0, 0.1) is 6.92 Å². The summed E-state index contributed by atoms with van der Waals surface area (Å²) in [6.45, 7) is 2.06. The number of phenols is 1. The van der Waals surface area contributed by atoms with Gasteiger partial charge in [0.25, 0.3) is 0 Å². The molecule has 122 valence electrons. The Hall–Kier alpha value is -3.40. The number of benzene rings is 3. The SMILES string of the molecule is Cc1ccc2nc(Nc3cccc(O)c3)nc(-c3ccccc3)c2c1. The van der Waals surface area contributed by atoms with E-state index in [9.17, 15) is 5.11 Å². The fourth-order valence-corrected chi connectivity index (χ4v) is 2.83. The first-order valence-corrected chi connectivity index (χ1v) is 8.09. The molecule has 0 saturated heterocycles. The van der Waals surface area contributed by atoms with Crippen LogP contribution < -0.4 is 5.32 Å². The Bertz CT molecular complexity index is 1050. The van der Waals surface area contributed by atoms with Crippen molar-refractivity contribution in [3.8, 4) is 17.0 Å². The number of aryl methyl sites for hydroxylation is 1. The molecular weight excluding hydrogens is 310 g/mol. The van der Waals surface area contributed by atoms with Gasteiger partial charge in [0, 0.05) is 22.7 Å². The predicted octanol–water partition coefficient (Wildman–Crippen LogP) is 5.05. The highest BCUT2D eigenvalue weighted by molar-refractivity contribution is 5.93. The maximum Gasteiger partial charge on any atom is 0.228 e. The van der Waals surface area contributed by atoms with Crippen molar-refractivity contribution in [2.24, 2.45) is 0 Å². The standard InChI is InChI=1S/C21H17N3O/c1-14-10-11-19-18(12-14)20(15-6-3-2-4-7-15)24-21(23-19)22-16-8-5-9-17(25)13-16/h2-13,25H,1H3,(H,22,23,24). The Morgan fingerprint density at radius 1 is 0.840 bits per heavy atom. The number of aromatic hydroxyl groups is 1. The molecule has 0 atom stereocenters. The van der Waals surface area contributed by atoms with Gasteiger partial charge in [-0.1, -0.05) is 48.0 Å². The molecule has 0 aliphatic rings. The molecule has 0 spiro atoms. The highest BCUT2D eigenvalue weighted by Crippen LogP contribution is 2.29. The second-order valence-electron chi connectivity index (χ2n) is 5.96. The molecule has 0 fully saturated rings. The molecule has 1 heterocycles. The maximum atomic E-state index is 9.65. The van der Waals surface area contributed by atoms with Gasteiger partial charge < -0.3 is 10.4 Å². The summed E-state index contributed by atoms with van der Waals surface area (Å²) in [5.41, 5.74) is 4.71. The lowest BCUT2D eigenvalue weighted by Gasteiger charge is -2.11. The van der Waals surface area contributed by atoms with Crippen LogP contribution in [0.2, 0.25) is 0 Å². The van der Waals surface area contributed by atoms with E-state index in [0.717, 1.165) is 27.8 Å². The van der Waals surface area contributed by atoms with Gasteiger partial charge in [-0.25, -0.2) is 9.97 Å². The lowest BCUT2D eigenvalue weighted by atomic mass is 10.0. The molecule has 0 aliphatic carbocycles. The number of phenolic OH excluding ortho intramolecular Hbond substituents is 1. The van der Waals surface area contributed by atoms with Gasteiger partial charge >= 0.3 is 0 Å². The molecule has 25 heavy (non-hydrogen) atoms. The molecule has 4 aromatic rings. The van der Waals surface area contributed by atoms with E-state index >= 15 is 0 Å². The van der Waals surface area contributed by atoms with E-state index in [1.54, 1.807) is 18.2 Å². The Labute approximate surface area is 145 Å². The fraction of sp³-hybridized carbons (Fsp3) is 0.0476. The first kappa shape index (κ1) is 15.1. The van der Waals surface area contributed by atoms with E-state index in [4.69, 9.17) is 4.98 Å². The number of aromatic nitrogens is 2. The minimum Gasteiger partial charge on any atom is -0.508 e. The van der Waals surface area contributed by atoms with Gasteiger partial charge in [-0.2, -0.15) is 0 Å². The Kier molecular flexibility index (Phi) is 3.78. The summed E-state index contributed by atoms with van der Waals surface area (Å²) in [4.78, 5) is 9.36. The molecule has 3 aromatic carbocycles. The summed E-state index contributed by atoms with van der Waals surface area (Å²) >= 11 is 0. The van der Waals surface area contributed by atoms with Crippen molar-refractivity contribution in [1.82, 2.24) is 9.97 Å². The summed E-state index contributed by atoms with van der Waals surface area (Å²) < 4.78 is 0. The Balaban J connectivity index is 1.88. The molecule has 0 unspecified atom stereocenters. The van der Waals surface area contributed by atoms with E-state index in [2.05, 4.69) is 23.3 Å². The average Bonchev–Trinajstić information content (AvgIpc) is 2.62. The predicted molar refractivity (Wildman–Crippen MR) is 101 cm³/mol. The van der Waals surface area contributed by atoms with Crippen molar-refractivity contribution in [2.45, 2.75) is 6.92 Å². The minimum atomic E-state index is 0.199. The monoisotopic (exact) mass is 327 g/mol. The molecule has 4 rings (SSSR count). The van der Waals surface area contributed by atoms with Crippen LogP contribution in [0.5, 0.6) is 5.75 Å². The first-order chi connectivity index (χ1) is 12.2. The normalized spacial score (nSPS) is 10.8. The van der Waals surface area contributed by atoms with Gasteiger partial charge in [0.05, 0.1) is 11.2 Å². The van der Waals surface area contributed by atoms with E-state index in [0.29, 0.717) is 5.95 Å². The number of hydrogen-bond donors (Lipinski definition) is 2. The lowest BCUT2D eigenvalue weighted by molar-refractivity contribution is 0.475. The molecule has 2 N–H and O–H groups in total. The van der Waals surface area contributed by atoms with Crippen LogP contribution in [-0.4, -0.2) is 15.1 Å². The van der Waals surface area contributed by atoms with Crippen molar-refractivity contribution >= 4 is 22.5 Å². The molecule has 0 aliphatic heterocycles. The summed E-state index contributed by atoms with van der Waals surface area (Å²) in [6.07, 6.45) is 0. The molecule has 0 amide bonds. The minimum absolute atomic E-state index is 0.199. The highest BCUT2D eigenvalue weighted by atomic mass is 16.3. The molecule has 0 saturated carbocycles. The van der Waals surface area contributed by atoms with Crippen LogP contribution in [0.25, 0.3) is 22.2 Å². The van der Waals surface area contributed by atoms with Gasteiger partial charge in [-0.15, -0.1) is 0 Å². The van der Waals surface area contributed by atoms with E-state index in [1.165, 1.54) is 5.56 Å². The van der Waals surface area contributed by atoms with Crippen molar-refractivity contribution in [3.63, 3.8) is 0 Å². The summed E-state index contributed by atoms with van der Waals surface area (Å²) in [7, 11) is 0. The molecule has 0 bridgehead atoms. The van der Waals surface area contributed by atoms with Crippen molar-refractivity contribution in [2.75, 3.05) is 5.32 Å². The molecule has 0 radical (unpaired) electrons. The van der Waals surface area contributed by atoms with E-state index in [1.807, 2.05) is 48.5 Å². The molecule has 4 heteroatoms. The molecule has 1 aromatic heterocycles. The van der Waals surface area contributed by atoms with Crippen molar-refractivity contribution in [3.05, 3.63) is 78.4 Å². The van der Waals surface area contributed by atoms with Gasteiger partial charge in [0.1, 0.15) is 5.75 Å². The second-order valence-corrected chi connectivity index (χ2v) is 5.96. The zero-order valence-corrected chi connectivity index (χ0v) is 13.8. The number of nitrogens with one attached hydrogen (secondary N) is 1. The van der Waals surface area contributed by atoms with Crippen molar-refractivity contribution < 1.29 is 5.11 Å². The number of nitrogens with zero attached hydrogens (tertiary/aromatic N) is 2. The van der Waals surface area contributed by atoms with E-state index < -0.39 is 0 Å². The number of fused-ring (bicyclic) bond motifs is 1. The van der Waals surface area contributed by atoms with Crippen LogP contribution in [0.4, 0.5) is 11.6 Å². The summed E-state index contributed by atoms with van der Waals surface area (Å²) in [5, 5.41) is 13.8. The quantitative estimate of drug-likeness (QED) is 0.552. The summed E-state index contributed by atoms with van der Waals surface area (Å²) in [5.74, 6) is 0.700. The van der Waals surface area contributed by atoms with Gasteiger partial charge in [-0.05, 0) is 31.2 Å². The maximum absolute atomic E-state index is 9.65. The average molecular weight is 327 g/mol. The third-order valence-electron chi connectivity index (χ3n) is 4.00. The number of rotatable bonds is 3. The molecule has 4 nitrogen and oxygen atoms in total. The van der Waals surface area contributed by atoms with Crippen LogP contribution in [0.3, 0.4) is 0 Å². The van der Waals surface area contributed by atoms with Crippen LogP contribution in [-0.2, 0) is 0 Å². The van der Waals surface area contributed by atoms with Crippen LogP contribution >= 0.6 is 0 Å². The Morgan fingerprint density at radius 3 is 2.48 bits per heavy atom. The van der Waals surface area contributed by atoms with Gasteiger partial charge in [0.15, 0.2) is 0 Å². The smallest absolute Gasteiger partial charge is 0.228 e. The molecular formula is C21H17N3O. The van der Waals surface area contributed by atoms with Gasteiger partial charge in [-0.3, -0.25) is 0 Å². The zero-order valence-electron chi connectivity index (χ0n) is 13.8. The third-order valence-corrected chi connectivity index (χ3v) is 4.00. The fourth-order valence-electron chi connectivity index (χ4n) is 2.83. The number of hydrogen-bond acceptors (Lipinski definition) is 4. The van der Waals surface area contributed by atoms with Gasteiger partial charge in [0.2, 0.25) is 5.95 Å². The Morgan fingerprint density at radius 2 is 1.68 bits per heavy atom. The largest absolute Gasteiger partial charge is 0.508 e. The number of anilines is 2. The summed E-state index contributed by atoms with van der Waals surface area (Å²) in [6, 6.07) is 23.2. The van der Waals surface area contributed by atoms with E-state index in [-0.39, 0.29) is 5.75 Å². The first-order valence-electron chi connectivity index (χ1n) is 8.09. The van der Waals surface area contributed by atoms with Crippen LogP contribution in [0.1, 0.15) is 5.56 Å². The highest BCUT2D eigenvalue weighted by Gasteiger charge is 2.10. The third kappa shape index (κ3) is 3.15. The zero-order chi connectivity index (χ0) is 17.2. The topological polar surface area (TPSA) is 58.0 Å². The second kappa shape index (κ2) is 6.24. The van der Waals surface area contributed by atoms with Crippen LogP contribution in [0.15, 0.2) is 72.8 Å².